The van der Waals surface area contributed by atoms with Crippen LogP contribution in [0.25, 0.3) is 0 Å². The van der Waals surface area contributed by atoms with Crippen molar-refractivity contribution in [3.63, 3.8) is 0 Å². The van der Waals surface area contributed by atoms with Crippen molar-refractivity contribution in [3.05, 3.63) is 58.4 Å². The van der Waals surface area contributed by atoms with E-state index >= 15 is 0 Å². The first-order chi connectivity index (χ1) is 13.3. The minimum Gasteiger partial charge on any atom is -0.368 e. The van der Waals surface area contributed by atoms with E-state index < -0.39 is 5.91 Å². The predicted molar refractivity (Wildman–Crippen MR) is 125 cm³/mol. The Kier molecular flexibility index (Phi) is 9.96. The summed E-state index contributed by atoms with van der Waals surface area (Å²) < 4.78 is 1.98. The zero-order chi connectivity index (χ0) is 20.7. The molecule has 0 atom stereocenters. The maximum Gasteiger partial charge on any atom is 0.251 e. The van der Waals surface area contributed by atoms with E-state index in [1.54, 1.807) is 19.2 Å². The molecule has 1 aromatic carbocycles. The van der Waals surface area contributed by atoms with Crippen LogP contribution >= 0.6 is 35.6 Å². The lowest BCUT2D eigenvalue weighted by molar-refractivity contribution is -0.117. The van der Waals surface area contributed by atoms with Crippen LogP contribution in [0.1, 0.15) is 21.6 Å². The smallest absolute Gasteiger partial charge is 0.251 e. The van der Waals surface area contributed by atoms with Crippen molar-refractivity contribution in [2.24, 2.45) is 17.8 Å². The molecule has 0 aliphatic rings. The molecule has 0 saturated heterocycles. The maximum atomic E-state index is 11.9. The summed E-state index contributed by atoms with van der Waals surface area (Å²) in [5.41, 5.74) is 7.55. The normalized spacial score (nSPS) is 10.8. The van der Waals surface area contributed by atoms with Gasteiger partial charge < -0.3 is 25.8 Å². The number of guanidine groups is 1. The molecule has 0 radical (unpaired) electrons. The molecular formula is C19H26ClIN6O2. The van der Waals surface area contributed by atoms with Gasteiger partial charge in [0.25, 0.3) is 5.91 Å². The first-order valence-corrected chi connectivity index (χ1v) is 9.06. The van der Waals surface area contributed by atoms with E-state index in [9.17, 15) is 9.59 Å². The first-order valence-electron chi connectivity index (χ1n) is 8.68. The summed E-state index contributed by atoms with van der Waals surface area (Å²) in [5.74, 6) is -0.182. The van der Waals surface area contributed by atoms with Crippen molar-refractivity contribution in [1.29, 1.82) is 0 Å². The summed E-state index contributed by atoms with van der Waals surface area (Å²) in [5, 5.41) is 6.45. The number of carbonyl (C=O) groups is 2. The molecule has 0 saturated carbocycles. The molecule has 0 bridgehead atoms. The summed E-state index contributed by atoms with van der Waals surface area (Å²) in [6.45, 7) is 1.02. The van der Waals surface area contributed by atoms with Crippen LogP contribution < -0.4 is 16.4 Å². The molecule has 1 aromatic heterocycles. The van der Waals surface area contributed by atoms with Crippen molar-refractivity contribution in [3.8, 4) is 0 Å². The fourth-order valence-electron chi connectivity index (χ4n) is 2.65. The molecule has 29 heavy (non-hydrogen) atoms. The fourth-order valence-corrected chi connectivity index (χ4v) is 2.92. The van der Waals surface area contributed by atoms with Crippen LogP contribution in [0.2, 0.25) is 5.02 Å². The summed E-state index contributed by atoms with van der Waals surface area (Å²) in [6, 6.07) is 9.01. The molecule has 158 valence electrons. The van der Waals surface area contributed by atoms with E-state index in [4.69, 9.17) is 17.3 Å². The van der Waals surface area contributed by atoms with Gasteiger partial charge >= 0.3 is 0 Å². The standard InChI is InChI=1S/C19H25ClN6O2.HI/c1-22-19(26(3)12-16-8-15(20)11-25(16)2)24-9-13-4-6-14(7-5-13)18(28)23-10-17(21)27;/h4-8,11H,9-10,12H2,1-3H3,(H2,21,27)(H,22,24)(H,23,28);1H. The number of nitrogens with two attached hydrogens (primary N) is 1. The van der Waals surface area contributed by atoms with E-state index in [0.717, 1.165) is 17.2 Å². The average molecular weight is 533 g/mol. The lowest BCUT2D eigenvalue weighted by Gasteiger charge is -2.22. The number of primary amides is 1. The molecule has 1 heterocycles. The Balaban J connectivity index is 0.00000420. The Bertz CT molecular complexity index is 866. The van der Waals surface area contributed by atoms with Crippen molar-refractivity contribution in [1.82, 2.24) is 20.1 Å². The largest absolute Gasteiger partial charge is 0.368 e. The van der Waals surface area contributed by atoms with Gasteiger partial charge in [-0.05, 0) is 23.8 Å². The van der Waals surface area contributed by atoms with Gasteiger partial charge in [-0.3, -0.25) is 14.6 Å². The number of carbonyl (C=O) groups excluding carboxylic acids is 2. The van der Waals surface area contributed by atoms with Crippen LogP contribution in [0.4, 0.5) is 0 Å². The molecule has 0 fully saturated rings. The van der Waals surface area contributed by atoms with E-state index in [-0.39, 0.29) is 36.4 Å². The molecular weight excluding hydrogens is 507 g/mol. The highest BCUT2D eigenvalue weighted by molar-refractivity contribution is 14.0. The summed E-state index contributed by atoms with van der Waals surface area (Å²) in [4.78, 5) is 28.9. The van der Waals surface area contributed by atoms with Gasteiger partial charge in [0.2, 0.25) is 5.91 Å². The number of amides is 2. The molecule has 10 heteroatoms. The van der Waals surface area contributed by atoms with Crippen molar-refractivity contribution >= 4 is 53.4 Å². The number of halogens is 2. The molecule has 2 rings (SSSR count). The topological polar surface area (TPSA) is 105 Å². The number of nitrogens with one attached hydrogen (secondary N) is 2. The average Bonchev–Trinajstić information content (AvgIpc) is 2.97. The van der Waals surface area contributed by atoms with Gasteiger partial charge in [-0.15, -0.1) is 24.0 Å². The Morgan fingerprint density at radius 2 is 1.90 bits per heavy atom. The minimum absolute atomic E-state index is 0. The van der Waals surface area contributed by atoms with Crippen LogP contribution in [0.15, 0.2) is 41.5 Å². The minimum atomic E-state index is -0.581. The Labute approximate surface area is 192 Å². The predicted octanol–water partition coefficient (Wildman–Crippen LogP) is 1.72. The zero-order valence-electron chi connectivity index (χ0n) is 16.6. The number of nitrogens with zero attached hydrogens (tertiary/aromatic N) is 3. The van der Waals surface area contributed by atoms with Crippen molar-refractivity contribution in [2.45, 2.75) is 13.1 Å². The number of hydrogen-bond acceptors (Lipinski definition) is 3. The van der Waals surface area contributed by atoms with Gasteiger partial charge in [-0.1, -0.05) is 23.7 Å². The number of hydrogen-bond donors (Lipinski definition) is 3. The molecule has 0 aliphatic heterocycles. The number of aromatic nitrogens is 1. The van der Waals surface area contributed by atoms with Gasteiger partial charge in [0, 0.05) is 45.1 Å². The number of benzene rings is 1. The third-order valence-corrected chi connectivity index (χ3v) is 4.34. The molecule has 0 unspecified atom stereocenters. The summed E-state index contributed by atoms with van der Waals surface area (Å²) in [6.07, 6.45) is 1.86. The number of rotatable bonds is 7. The third-order valence-electron chi connectivity index (χ3n) is 4.14. The highest BCUT2D eigenvalue weighted by Gasteiger charge is 2.10. The molecule has 0 spiro atoms. The molecule has 0 aliphatic carbocycles. The van der Waals surface area contributed by atoms with Gasteiger partial charge in [0.1, 0.15) is 0 Å². The van der Waals surface area contributed by atoms with E-state index in [1.807, 2.05) is 48.0 Å². The monoisotopic (exact) mass is 532 g/mol. The van der Waals surface area contributed by atoms with Crippen LogP contribution in [-0.2, 0) is 24.9 Å². The second-order valence-corrected chi connectivity index (χ2v) is 6.80. The lowest BCUT2D eigenvalue weighted by Crippen LogP contribution is -2.38. The van der Waals surface area contributed by atoms with Gasteiger partial charge in [0.05, 0.1) is 18.1 Å². The highest BCUT2D eigenvalue weighted by Crippen LogP contribution is 2.14. The second-order valence-electron chi connectivity index (χ2n) is 6.36. The number of aliphatic imine (C=N–C) groups is 1. The summed E-state index contributed by atoms with van der Waals surface area (Å²) >= 11 is 6.04. The lowest BCUT2D eigenvalue weighted by atomic mass is 10.1. The van der Waals surface area contributed by atoms with Crippen LogP contribution in [0.5, 0.6) is 0 Å². The SMILES string of the molecule is CN=C(NCc1ccc(C(=O)NCC(N)=O)cc1)N(C)Cc1cc(Cl)cn1C.I. The van der Waals surface area contributed by atoms with Crippen molar-refractivity contribution in [2.75, 3.05) is 20.6 Å². The molecule has 4 N–H and O–H groups in total. The fraction of sp³-hybridized carbons (Fsp3) is 0.316. The van der Waals surface area contributed by atoms with E-state index in [0.29, 0.717) is 23.7 Å². The van der Waals surface area contributed by atoms with Gasteiger partial charge in [-0.2, -0.15) is 0 Å². The van der Waals surface area contributed by atoms with Crippen LogP contribution in [-0.4, -0.2) is 47.9 Å². The van der Waals surface area contributed by atoms with E-state index in [2.05, 4.69) is 15.6 Å². The maximum absolute atomic E-state index is 11.9. The quantitative estimate of drug-likeness (QED) is 0.287. The second kappa shape index (κ2) is 11.7. The van der Waals surface area contributed by atoms with Crippen LogP contribution in [0, 0.1) is 0 Å². The Morgan fingerprint density at radius 3 is 2.41 bits per heavy atom. The first kappa shape index (κ1) is 24.8. The van der Waals surface area contributed by atoms with Crippen LogP contribution in [0.3, 0.4) is 0 Å². The zero-order valence-corrected chi connectivity index (χ0v) is 19.7. The number of aryl methyl sites for hydroxylation is 1. The van der Waals surface area contributed by atoms with Crippen molar-refractivity contribution < 1.29 is 9.59 Å². The van der Waals surface area contributed by atoms with Gasteiger partial charge in [0.15, 0.2) is 5.96 Å². The van der Waals surface area contributed by atoms with E-state index in [1.165, 1.54) is 0 Å². The molecule has 8 nitrogen and oxygen atoms in total. The molecule has 2 aromatic rings. The van der Waals surface area contributed by atoms with Gasteiger partial charge in [-0.25, -0.2) is 0 Å². The Hall–Kier alpha value is -2.27. The molecule has 2 amide bonds. The third kappa shape index (κ3) is 7.58. The Morgan fingerprint density at radius 1 is 1.24 bits per heavy atom. The summed E-state index contributed by atoms with van der Waals surface area (Å²) in [7, 11) is 5.62. The highest BCUT2D eigenvalue weighted by atomic mass is 127.